The first-order chi connectivity index (χ1) is 8.29. The summed E-state index contributed by atoms with van der Waals surface area (Å²) in [4.78, 5) is 0. The van der Waals surface area contributed by atoms with E-state index < -0.39 is 0 Å². The van der Waals surface area contributed by atoms with Gasteiger partial charge in [0.25, 0.3) is 0 Å². The zero-order valence-corrected chi connectivity index (χ0v) is 13.0. The maximum Gasteiger partial charge on any atom is 1.00 e. The Bertz CT molecular complexity index is 416. The minimum atomic E-state index is 0. The molecule has 0 fully saturated rings. The molecule has 0 bridgehead atoms. The van der Waals surface area contributed by atoms with E-state index in [4.69, 9.17) is 0 Å². The molecular formula is C17H17Na. The van der Waals surface area contributed by atoms with Crippen LogP contribution in [-0.2, 0) is 0 Å². The maximum atomic E-state index is 4.10. The number of allylic oxidation sites excluding steroid dienone is 1. The average Bonchev–Trinajstić information content (AvgIpc) is 2.41. The van der Waals surface area contributed by atoms with Crippen LogP contribution < -0.4 is 29.6 Å². The van der Waals surface area contributed by atoms with Gasteiger partial charge >= 0.3 is 29.6 Å². The minimum absolute atomic E-state index is 0. The summed E-state index contributed by atoms with van der Waals surface area (Å²) in [5.41, 5.74) is 3.43. The van der Waals surface area contributed by atoms with E-state index in [-0.39, 0.29) is 29.6 Å². The summed E-state index contributed by atoms with van der Waals surface area (Å²) in [5.74, 6) is 0. The summed E-state index contributed by atoms with van der Waals surface area (Å²) >= 11 is 0. The SMILES string of the molecule is C=C(c1ccccc1)c1ccccc1.C=C[CH2-].[Na+]. The van der Waals surface area contributed by atoms with Crippen molar-refractivity contribution in [3.63, 3.8) is 0 Å². The van der Waals surface area contributed by atoms with Crippen LogP contribution >= 0.6 is 0 Å². The van der Waals surface area contributed by atoms with Crippen LogP contribution in [0.15, 0.2) is 79.9 Å². The monoisotopic (exact) mass is 244 g/mol. The Morgan fingerprint density at radius 1 is 0.833 bits per heavy atom. The molecule has 2 aromatic carbocycles. The van der Waals surface area contributed by atoms with Crippen molar-refractivity contribution in [2.45, 2.75) is 0 Å². The second-order valence-corrected chi connectivity index (χ2v) is 3.50. The van der Waals surface area contributed by atoms with Gasteiger partial charge < -0.3 is 0 Å². The third-order valence-electron chi connectivity index (χ3n) is 2.24. The maximum absolute atomic E-state index is 4.10. The molecule has 0 aliphatic carbocycles. The fourth-order valence-corrected chi connectivity index (χ4v) is 1.45. The van der Waals surface area contributed by atoms with Gasteiger partial charge in [-0.05, 0) is 16.7 Å². The molecule has 0 spiro atoms. The summed E-state index contributed by atoms with van der Waals surface area (Å²) in [5, 5.41) is 0. The first kappa shape index (κ1) is 16.8. The van der Waals surface area contributed by atoms with E-state index in [1.807, 2.05) is 36.4 Å². The summed E-state index contributed by atoms with van der Waals surface area (Å²) < 4.78 is 0. The first-order valence-electron chi connectivity index (χ1n) is 5.49. The fourth-order valence-electron chi connectivity index (χ4n) is 1.45. The molecule has 0 aliphatic rings. The number of hydrogen-bond donors (Lipinski definition) is 0. The molecule has 86 valence electrons. The quantitative estimate of drug-likeness (QED) is 0.558. The Labute approximate surface area is 132 Å². The van der Waals surface area contributed by atoms with E-state index in [1.54, 1.807) is 0 Å². The topological polar surface area (TPSA) is 0 Å². The van der Waals surface area contributed by atoms with Crippen molar-refractivity contribution in [2.75, 3.05) is 0 Å². The van der Waals surface area contributed by atoms with Gasteiger partial charge in [0, 0.05) is 0 Å². The van der Waals surface area contributed by atoms with Gasteiger partial charge in [0.15, 0.2) is 0 Å². The van der Waals surface area contributed by atoms with Crippen LogP contribution in [0.5, 0.6) is 0 Å². The van der Waals surface area contributed by atoms with Crippen LogP contribution in [0.3, 0.4) is 0 Å². The van der Waals surface area contributed by atoms with E-state index in [0.29, 0.717) is 0 Å². The minimum Gasteiger partial charge on any atom is -0.245 e. The zero-order chi connectivity index (χ0) is 12.5. The van der Waals surface area contributed by atoms with Crippen LogP contribution in [0.2, 0.25) is 0 Å². The van der Waals surface area contributed by atoms with E-state index >= 15 is 0 Å². The molecular weight excluding hydrogens is 227 g/mol. The van der Waals surface area contributed by atoms with Gasteiger partial charge in [-0.3, -0.25) is 0 Å². The van der Waals surface area contributed by atoms with Crippen molar-refractivity contribution in [1.29, 1.82) is 0 Å². The number of rotatable bonds is 2. The Balaban J connectivity index is 0.000000660. The summed E-state index contributed by atoms with van der Waals surface area (Å²) in [6.45, 7) is 10.6. The zero-order valence-electron chi connectivity index (χ0n) is 11.0. The molecule has 0 unspecified atom stereocenters. The van der Waals surface area contributed by atoms with Crippen LogP contribution in [0.25, 0.3) is 5.57 Å². The van der Waals surface area contributed by atoms with Gasteiger partial charge in [0.2, 0.25) is 0 Å². The van der Waals surface area contributed by atoms with Gasteiger partial charge in [0.05, 0.1) is 0 Å². The van der Waals surface area contributed by atoms with Crippen molar-refractivity contribution in [1.82, 2.24) is 0 Å². The third-order valence-corrected chi connectivity index (χ3v) is 2.24. The molecule has 2 rings (SSSR count). The van der Waals surface area contributed by atoms with Crippen molar-refractivity contribution in [2.24, 2.45) is 0 Å². The molecule has 0 amide bonds. The van der Waals surface area contributed by atoms with Gasteiger partial charge in [-0.1, -0.05) is 67.2 Å². The van der Waals surface area contributed by atoms with Crippen LogP contribution in [-0.4, -0.2) is 0 Å². The third kappa shape index (κ3) is 5.42. The van der Waals surface area contributed by atoms with Crippen molar-refractivity contribution in [3.05, 3.63) is 97.9 Å². The molecule has 0 nitrogen and oxygen atoms in total. The molecule has 2 aromatic rings. The predicted molar refractivity (Wildman–Crippen MR) is 76.6 cm³/mol. The Hall–Kier alpha value is -1.21. The van der Waals surface area contributed by atoms with Gasteiger partial charge in [-0.15, -0.1) is 0 Å². The van der Waals surface area contributed by atoms with Crippen LogP contribution in [0.4, 0.5) is 0 Å². The molecule has 18 heavy (non-hydrogen) atoms. The normalized spacial score (nSPS) is 8.22. The molecule has 0 aromatic heterocycles. The van der Waals surface area contributed by atoms with Gasteiger partial charge in [-0.25, -0.2) is 19.6 Å². The van der Waals surface area contributed by atoms with Gasteiger partial charge in [0.1, 0.15) is 0 Å². The Kier molecular flexibility index (Phi) is 9.13. The largest absolute Gasteiger partial charge is 1.00 e. The number of hydrogen-bond acceptors (Lipinski definition) is 0. The van der Waals surface area contributed by atoms with Crippen LogP contribution in [0.1, 0.15) is 11.1 Å². The molecule has 0 aliphatic heterocycles. The van der Waals surface area contributed by atoms with Crippen molar-refractivity contribution >= 4 is 5.57 Å². The van der Waals surface area contributed by atoms with Gasteiger partial charge in [-0.2, -0.15) is 0 Å². The molecule has 0 saturated carbocycles. The predicted octanol–water partition coefficient (Wildman–Crippen LogP) is 1.76. The number of benzene rings is 2. The van der Waals surface area contributed by atoms with Crippen molar-refractivity contribution in [3.8, 4) is 0 Å². The summed E-state index contributed by atoms with van der Waals surface area (Å²) in [6, 6.07) is 20.5. The summed E-state index contributed by atoms with van der Waals surface area (Å²) in [6.07, 6.45) is 1.50. The smallest absolute Gasteiger partial charge is 0.245 e. The second kappa shape index (κ2) is 9.78. The van der Waals surface area contributed by atoms with E-state index in [1.165, 1.54) is 17.2 Å². The van der Waals surface area contributed by atoms with E-state index in [2.05, 4.69) is 44.3 Å². The summed E-state index contributed by atoms with van der Waals surface area (Å²) in [7, 11) is 0. The Morgan fingerprint density at radius 3 is 1.39 bits per heavy atom. The van der Waals surface area contributed by atoms with E-state index in [0.717, 1.165) is 5.57 Å². The second-order valence-electron chi connectivity index (χ2n) is 3.50. The fraction of sp³-hybridized carbons (Fsp3) is 0. The molecule has 0 radical (unpaired) electrons. The standard InChI is InChI=1S/C14H12.C3H5.Na/c1-12(13-8-4-2-5-9-13)14-10-6-3-7-11-14;1-3-2;/h2-11H,1H2;3H,1-2H2;/q;-1;+1. The van der Waals surface area contributed by atoms with Crippen LogP contribution in [0, 0.1) is 6.92 Å². The molecule has 0 atom stereocenters. The molecule has 0 heterocycles. The first-order valence-corrected chi connectivity index (χ1v) is 5.49. The molecule has 0 N–H and O–H groups in total. The molecule has 0 saturated heterocycles. The average molecular weight is 244 g/mol. The molecule has 1 heteroatoms. The van der Waals surface area contributed by atoms with E-state index in [9.17, 15) is 0 Å². The van der Waals surface area contributed by atoms with Crippen molar-refractivity contribution < 1.29 is 29.6 Å². The Morgan fingerprint density at radius 2 is 1.11 bits per heavy atom.